The minimum atomic E-state index is -0.379. The van der Waals surface area contributed by atoms with Gasteiger partial charge in [-0.3, -0.25) is 4.79 Å². The third-order valence-corrected chi connectivity index (χ3v) is 4.23. The Balaban J connectivity index is 0.00000139. The van der Waals surface area contributed by atoms with Gasteiger partial charge in [0, 0.05) is 20.3 Å². The van der Waals surface area contributed by atoms with E-state index in [2.05, 4.69) is 10.4 Å². The highest BCUT2D eigenvalue weighted by atomic mass is 35.5. The predicted molar refractivity (Wildman–Crippen MR) is 97.8 cm³/mol. The Kier molecular flexibility index (Phi) is 9.98. The summed E-state index contributed by atoms with van der Waals surface area (Å²) in [5.41, 5.74) is 0.242. The zero-order valence-corrected chi connectivity index (χ0v) is 15.9. The number of hydrogen-bond donors (Lipinski definition) is 1. The highest BCUT2D eigenvalue weighted by Crippen LogP contribution is 2.20. The molecule has 7 heteroatoms. The van der Waals surface area contributed by atoms with Gasteiger partial charge in [0.05, 0.1) is 18.5 Å². The summed E-state index contributed by atoms with van der Waals surface area (Å²) in [6, 6.07) is 0. The summed E-state index contributed by atoms with van der Waals surface area (Å²) in [5, 5.41) is 7.56. The highest BCUT2D eigenvalue weighted by molar-refractivity contribution is 6.32. The van der Waals surface area contributed by atoms with Gasteiger partial charge in [-0.15, -0.1) is 0 Å². The van der Waals surface area contributed by atoms with Gasteiger partial charge in [0.15, 0.2) is 6.23 Å². The molecule has 1 aliphatic heterocycles. The van der Waals surface area contributed by atoms with Crippen LogP contribution in [0.25, 0.3) is 0 Å². The lowest BCUT2D eigenvalue weighted by molar-refractivity contribution is 0.0224. The number of methoxy groups -OCH3 is 1. The standard InChI is InChI=1S/C15H24ClN3O3.C2H6/c1-3-5-13(21-2)19-15(20)14(16)12(9-18-19)17-8-11-6-4-7-22-10-11;1-2/h9,11,13,17H,3-8,10H2,1-2H3;1-2H3. The molecule has 2 atom stereocenters. The van der Waals surface area contributed by atoms with Gasteiger partial charge in [0.2, 0.25) is 0 Å². The molecule has 1 N–H and O–H groups in total. The molecule has 0 radical (unpaired) electrons. The van der Waals surface area contributed by atoms with Gasteiger partial charge in [-0.1, -0.05) is 38.8 Å². The van der Waals surface area contributed by atoms with Gasteiger partial charge < -0.3 is 14.8 Å². The molecule has 1 aliphatic rings. The summed E-state index contributed by atoms with van der Waals surface area (Å²) in [5.74, 6) is 0.444. The largest absolute Gasteiger partial charge is 0.382 e. The fraction of sp³-hybridized carbons (Fsp3) is 0.765. The molecule has 1 aromatic heterocycles. The maximum atomic E-state index is 12.3. The Morgan fingerprint density at radius 3 is 2.88 bits per heavy atom. The van der Waals surface area contributed by atoms with Crippen molar-refractivity contribution in [3.05, 3.63) is 21.6 Å². The van der Waals surface area contributed by atoms with Gasteiger partial charge in [-0.25, -0.2) is 0 Å². The average molecular weight is 360 g/mol. The Morgan fingerprint density at radius 2 is 2.29 bits per heavy atom. The van der Waals surface area contributed by atoms with E-state index >= 15 is 0 Å². The first-order valence-electron chi connectivity index (χ1n) is 8.79. The van der Waals surface area contributed by atoms with Crippen LogP contribution in [-0.2, 0) is 9.47 Å². The zero-order chi connectivity index (χ0) is 17.9. The molecule has 0 spiro atoms. The number of nitrogens with one attached hydrogen (secondary N) is 1. The molecule has 1 fully saturated rings. The Morgan fingerprint density at radius 1 is 1.54 bits per heavy atom. The van der Waals surface area contributed by atoms with Gasteiger partial charge in [-0.2, -0.15) is 9.78 Å². The molecule has 1 aromatic rings. The van der Waals surface area contributed by atoms with Crippen molar-refractivity contribution in [1.82, 2.24) is 9.78 Å². The van der Waals surface area contributed by atoms with Gasteiger partial charge in [0.1, 0.15) is 5.02 Å². The smallest absolute Gasteiger partial charge is 0.290 e. The molecule has 24 heavy (non-hydrogen) atoms. The van der Waals surface area contributed by atoms with Crippen LogP contribution in [0.15, 0.2) is 11.0 Å². The van der Waals surface area contributed by atoms with Crippen molar-refractivity contribution in [2.24, 2.45) is 5.92 Å². The summed E-state index contributed by atoms with van der Waals surface area (Å²) in [4.78, 5) is 12.3. The SMILES string of the molecule is CC.CCCC(OC)n1ncc(NCC2CCCOC2)c(Cl)c1=O. The van der Waals surface area contributed by atoms with Crippen LogP contribution in [0.5, 0.6) is 0 Å². The Labute approximate surface area is 149 Å². The van der Waals surface area contributed by atoms with Crippen molar-refractivity contribution in [3.63, 3.8) is 0 Å². The van der Waals surface area contributed by atoms with E-state index in [0.717, 1.165) is 39.0 Å². The third kappa shape index (κ3) is 5.76. The van der Waals surface area contributed by atoms with Crippen molar-refractivity contribution >= 4 is 17.3 Å². The fourth-order valence-corrected chi connectivity index (χ4v) is 2.79. The van der Waals surface area contributed by atoms with E-state index in [1.54, 1.807) is 13.3 Å². The van der Waals surface area contributed by atoms with E-state index in [1.165, 1.54) is 4.68 Å². The van der Waals surface area contributed by atoms with Crippen molar-refractivity contribution in [1.29, 1.82) is 0 Å². The lowest BCUT2D eigenvalue weighted by Gasteiger charge is -2.23. The maximum absolute atomic E-state index is 12.3. The third-order valence-electron chi connectivity index (χ3n) is 3.86. The van der Waals surface area contributed by atoms with Crippen LogP contribution in [0.1, 0.15) is 52.7 Å². The van der Waals surface area contributed by atoms with Crippen LogP contribution in [0.4, 0.5) is 5.69 Å². The Hall–Kier alpha value is -1.11. The molecule has 0 saturated carbocycles. The van der Waals surface area contributed by atoms with E-state index in [1.807, 2.05) is 20.8 Å². The number of rotatable bonds is 7. The molecule has 6 nitrogen and oxygen atoms in total. The summed E-state index contributed by atoms with van der Waals surface area (Å²) in [6.07, 6.45) is 5.02. The van der Waals surface area contributed by atoms with Gasteiger partial charge in [0.25, 0.3) is 5.56 Å². The lowest BCUT2D eigenvalue weighted by atomic mass is 10.0. The Bertz CT molecular complexity index is 530. The maximum Gasteiger partial charge on any atom is 0.290 e. The number of aromatic nitrogens is 2. The van der Waals surface area contributed by atoms with Crippen LogP contribution >= 0.6 is 11.6 Å². The summed E-state index contributed by atoms with van der Waals surface area (Å²) in [7, 11) is 1.57. The van der Waals surface area contributed by atoms with Gasteiger partial charge in [-0.05, 0) is 25.2 Å². The minimum Gasteiger partial charge on any atom is -0.382 e. The first kappa shape index (κ1) is 20.9. The molecule has 2 rings (SSSR count). The molecule has 1 saturated heterocycles. The molecule has 0 aromatic carbocycles. The molecule has 0 amide bonds. The second-order valence-corrected chi connectivity index (χ2v) is 5.94. The normalized spacial score (nSPS) is 18.5. The first-order valence-corrected chi connectivity index (χ1v) is 9.16. The van der Waals surface area contributed by atoms with E-state index < -0.39 is 0 Å². The number of nitrogens with zero attached hydrogens (tertiary/aromatic N) is 2. The summed E-state index contributed by atoms with van der Waals surface area (Å²) >= 11 is 6.19. The van der Waals surface area contributed by atoms with Crippen LogP contribution in [0.3, 0.4) is 0 Å². The lowest BCUT2D eigenvalue weighted by Crippen LogP contribution is -2.30. The molecule has 138 valence electrons. The molecule has 0 aliphatic carbocycles. The van der Waals surface area contributed by atoms with Crippen LogP contribution in [0.2, 0.25) is 5.02 Å². The van der Waals surface area contributed by atoms with Gasteiger partial charge >= 0.3 is 0 Å². The molecular formula is C17H30ClN3O3. The monoisotopic (exact) mass is 359 g/mol. The summed E-state index contributed by atoms with van der Waals surface area (Å²) in [6.45, 7) is 8.34. The van der Waals surface area contributed by atoms with E-state index in [-0.39, 0.29) is 16.8 Å². The number of hydrogen-bond acceptors (Lipinski definition) is 5. The van der Waals surface area contributed by atoms with Crippen molar-refractivity contribution in [2.75, 3.05) is 32.2 Å². The van der Waals surface area contributed by atoms with Crippen molar-refractivity contribution < 1.29 is 9.47 Å². The second kappa shape index (κ2) is 11.4. The minimum absolute atomic E-state index is 0.157. The van der Waals surface area contributed by atoms with E-state index in [4.69, 9.17) is 21.1 Å². The predicted octanol–water partition coefficient (Wildman–Crippen LogP) is 3.71. The quantitative estimate of drug-likeness (QED) is 0.803. The molecule has 2 heterocycles. The summed E-state index contributed by atoms with van der Waals surface area (Å²) < 4.78 is 12.1. The van der Waals surface area contributed by atoms with Crippen LogP contribution < -0.4 is 10.9 Å². The molecule has 2 unspecified atom stereocenters. The topological polar surface area (TPSA) is 65.4 Å². The molecule has 0 bridgehead atoms. The van der Waals surface area contributed by atoms with E-state index in [9.17, 15) is 4.79 Å². The fourth-order valence-electron chi connectivity index (χ4n) is 2.58. The number of ether oxygens (including phenoxy) is 2. The molecular weight excluding hydrogens is 330 g/mol. The van der Waals surface area contributed by atoms with E-state index in [0.29, 0.717) is 18.0 Å². The highest BCUT2D eigenvalue weighted by Gasteiger charge is 2.18. The van der Waals surface area contributed by atoms with Crippen molar-refractivity contribution in [3.8, 4) is 0 Å². The second-order valence-electron chi connectivity index (χ2n) is 5.57. The average Bonchev–Trinajstić information content (AvgIpc) is 2.64. The van der Waals surface area contributed by atoms with Crippen LogP contribution in [0, 0.1) is 5.92 Å². The zero-order valence-electron chi connectivity index (χ0n) is 15.2. The van der Waals surface area contributed by atoms with Crippen LogP contribution in [-0.4, -0.2) is 36.6 Å². The number of anilines is 1. The van der Waals surface area contributed by atoms with Crippen molar-refractivity contribution in [2.45, 2.75) is 52.7 Å². The number of halogens is 1. The first-order chi connectivity index (χ1) is 11.7.